The van der Waals surface area contributed by atoms with Crippen molar-refractivity contribution in [1.82, 2.24) is 0 Å². The summed E-state index contributed by atoms with van der Waals surface area (Å²) < 4.78 is 10.9. The summed E-state index contributed by atoms with van der Waals surface area (Å²) in [5, 5.41) is 2.81. The van der Waals surface area contributed by atoms with Crippen molar-refractivity contribution in [3.8, 4) is 0 Å². The van der Waals surface area contributed by atoms with E-state index >= 15 is 0 Å². The topological polar surface area (TPSA) is 0 Å². The number of hydrogen-bond donors (Lipinski definition) is 0. The van der Waals surface area contributed by atoms with Crippen molar-refractivity contribution in [2.45, 2.75) is 0 Å². The van der Waals surface area contributed by atoms with Gasteiger partial charge in [0.05, 0.1) is 26.4 Å². The van der Waals surface area contributed by atoms with E-state index in [-0.39, 0.29) is 0 Å². The van der Waals surface area contributed by atoms with Crippen LogP contribution in [0.4, 0.5) is 0 Å². The average molecular weight is 460 g/mol. The third-order valence-corrected chi connectivity index (χ3v) is 9.43. The lowest BCUT2D eigenvalue weighted by Crippen LogP contribution is -1.64. The van der Waals surface area contributed by atoms with E-state index in [9.17, 15) is 0 Å². The smallest absolute Gasteiger partial charge is 0.0719 e. The molecule has 4 heterocycles. The van der Waals surface area contributed by atoms with Gasteiger partial charge in [-0.3, -0.25) is 0 Å². The van der Waals surface area contributed by atoms with Crippen LogP contribution < -0.4 is 0 Å². The zero-order chi connectivity index (χ0) is 13.4. The van der Waals surface area contributed by atoms with Gasteiger partial charge in [-0.15, -0.1) is 45.3 Å². The maximum atomic E-state index is 3.59. The van der Waals surface area contributed by atoms with Gasteiger partial charge in [-0.2, -0.15) is 0 Å². The van der Waals surface area contributed by atoms with Crippen LogP contribution in [0.15, 0.2) is 31.8 Å². The van der Waals surface area contributed by atoms with E-state index in [2.05, 4.69) is 56.1 Å². The molecule has 5 aromatic rings. The number of rotatable bonds is 0. The third kappa shape index (κ3) is 1.61. The summed E-state index contributed by atoms with van der Waals surface area (Å²) in [5.74, 6) is 0. The minimum absolute atomic E-state index is 1.22. The number of benzene rings is 1. The Morgan fingerprint density at radius 2 is 1.05 bits per heavy atom. The standard InChI is InChI=1S/C14H4Br2S4/c15-9-3-7-11(19-9)5-1-2-6-12-8(4-10(16)20-12)18-14(6)13(5)17-7/h1-4H. The molecule has 98 valence electrons. The van der Waals surface area contributed by atoms with Crippen LogP contribution in [0.5, 0.6) is 0 Å². The van der Waals surface area contributed by atoms with Gasteiger partial charge in [-0.1, -0.05) is 12.1 Å². The maximum Gasteiger partial charge on any atom is 0.0719 e. The molecule has 0 unspecified atom stereocenters. The largest absolute Gasteiger partial charge is 0.133 e. The van der Waals surface area contributed by atoms with Crippen LogP contribution in [0, 0.1) is 0 Å². The molecule has 0 nitrogen and oxygen atoms in total. The molecule has 0 atom stereocenters. The van der Waals surface area contributed by atoms with E-state index in [1.165, 1.54) is 46.5 Å². The highest BCUT2D eigenvalue weighted by Gasteiger charge is 2.15. The van der Waals surface area contributed by atoms with Crippen molar-refractivity contribution < 1.29 is 0 Å². The van der Waals surface area contributed by atoms with Gasteiger partial charge < -0.3 is 0 Å². The zero-order valence-corrected chi connectivity index (χ0v) is 16.1. The minimum atomic E-state index is 1.22. The Balaban J connectivity index is 2.03. The first kappa shape index (κ1) is 12.6. The quantitative estimate of drug-likeness (QED) is 0.219. The third-order valence-electron chi connectivity index (χ3n) is 3.36. The monoisotopic (exact) mass is 458 g/mol. The molecular weight excluding hydrogens is 456 g/mol. The van der Waals surface area contributed by atoms with Crippen LogP contribution in [0.2, 0.25) is 0 Å². The number of halogens is 2. The molecule has 20 heavy (non-hydrogen) atoms. The van der Waals surface area contributed by atoms with E-state index in [1.807, 2.05) is 45.3 Å². The SMILES string of the molecule is Brc1cc2sc3c(ccc4c5sc(Br)cc5sc43)c2s1. The fourth-order valence-corrected chi connectivity index (χ4v) is 9.11. The molecule has 0 bridgehead atoms. The average Bonchev–Trinajstić information content (AvgIpc) is 3.07. The fraction of sp³-hybridized carbons (Fsp3) is 0. The van der Waals surface area contributed by atoms with Gasteiger partial charge in [0.15, 0.2) is 0 Å². The first-order valence-electron chi connectivity index (χ1n) is 5.83. The number of thiophene rings is 4. The van der Waals surface area contributed by atoms with E-state index in [0.717, 1.165) is 0 Å². The molecule has 5 rings (SSSR count). The van der Waals surface area contributed by atoms with Crippen molar-refractivity contribution >= 4 is 116 Å². The molecule has 6 heteroatoms. The lowest BCUT2D eigenvalue weighted by molar-refractivity contribution is 2.07. The van der Waals surface area contributed by atoms with Gasteiger partial charge in [0, 0.05) is 20.2 Å². The molecular formula is C14H4Br2S4. The minimum Gasteiger partial charge on any atom is -0.133 e. The molecule has 0 amide bonds. The predicted octanol–water partition coefficient (Wildman–Crippen LogP) is 8.07. The highest BCUT2D eigenvalue weighted by molar-refractivity contribution is 9.11. The van der Waals surface area contributed by atoms with E-state index in [1.54, 1.807) is 0 Å². The van der Waals surface area contributed by atoms with Crippen molar-refractivity contribution in [1.29, 1.82) is 0 Å². The summed E-state index contributed by atoms with van der Waals surface area (Å²) in [5.41, 5.74) is 0. The van der Waals surface area contributed by atoms with Gasteiger partial charge in [-0.05, 0) is 44.0 Å². The Labute approximate surface area is 146 Å². The molecule has 0 aliphatic carbocycles. The Hall–Kier alpha value is 0.0200. The molecule has 0 radical (unpaired) electrons. The normalized spacial score (nSPS) is 12.5. The molecule has 0 saturated heterocycles. The second kappa shape index (κ2) is 4.27. The lowest BCUT2D eigenvalue weighted by Gasteiger charge is -1.93. The van der Waals surface area contributed by atoms with Gasteiger partial charge in [0.2, 0.25) is 0 Å². The molecule has 1 aromatic carbocycles. The molecule has 0 saturated carbocycles. The van der Waals surface area contributed by atoms with Crippen molar-refractivity contribution in [2.24, 2.45) is 0 Å². The van der Waals surface area contributed by atoms with Crippen LogP contribution in [0.1, 0.15) is 0 Å². The van der Waals surface area contributed by atoms with Gasteiger partial charge >= 0.3 is 0 Å². The summed E-state index contributed by atoms with van der Waals surface area (Å²) in [6, 6.07) is 9.06. The Bertz CT molecular complexity index is 1030. The lowest BCUT2D eigenvalue weighted by atomic mass is 10.2. The highest BCUT2D eigenvalue weighted by atomic mass is 79.9. The zero-order valence-electron chi connectivity index (χ0n) is 9.70. The van der Waals surface area contributed by atoms with Crippen molar-refractivity contribution in [2.75, 3.05) is 0 Å². The van der Waals surface area contributed by atoms with Crippen molar-refractivity contribution in [3.63, 3.8) is 0 Å². The van der Waals surface area contributed by atoms with Crippen LogP contribution in [-0.4, -0.2) is 0 Å². The summed E-state index contributed by atoms with van der Waals surface area (Å²) >= 11 is 14.7. The van der Waals surface area contributed by atoms with E-state index < -0.39 is 0 Å². The van der Waals surface area contributed by atoms with Gasteiger partial charge in [0.25, 0.3) is 0 Å². The predicted molar refractivity (Wildman–Crippen MR) is 103 cm³/mol. The second-order valence-electron chi connectivity index (χ2n) is 4.51. The van der Waals surface area contributed by atoms with Gasteiger partial charge in [0.1, 0.15) is 0 Å². The molecule has 0 aliphatic heterocycles. The Morgan fingerprint density at radius 3 is 1.50 bits per heavy atom. The Morgan fingerprint density at radius 1 is 0.600 bits per heavy atom. The molecule has 0 fully saturated rings. The number of fused-ring (bicyclic) bond motifs is 7. The molecule has 0 N–H and O–H groups in total. The van der Waals surface area contributed by atoms with Crippen molar-refractivity contribution in [3.05, 3.63) is 31.8 Å². The molecule has 4 aromatic heterocycles. The van der Waals surface area contributed by atoms with Crippen LogP contribution >= 0.6 is 77.2 Å². The second-order valence-corrected chi connectivity index (χ2v) is 11.5. The summed E-state index contributed by atoms with van der Waals surface area (Å²) in [4.78, 5) is 0. The molecule has 0 aliphatic rings. The van der Waals surface area contributed by atoms with Crippen LogP contribution in [0.3, 0.4) is 0 Å². The fourth-order valence-electron chi connectivity index (χ4n) is 2.56. The van der Waals surface area contributed by atoms with Gasteiger partial charge in [-0.25, -0.2) is 0 Å². The summed E-state index contributed by atoms with van der Waals surface area (Å²) in [6.45, 7) is 0. The first-order valence-corrected chi connectivity index (χ1v) is 10.7. The Kier molecular flexibility index (Phi) is 2.68. The summed E-state index contributed by atoms with van der Waals surface area (Å²) in [6.07, 6.45) is 0. The highest BCUT2D eigenvalue weighted by Crippen LogP contribution is 2.49. The van der Waals surface area contributed by atoms with Crippen LogP contribution in [-0.2, 0) is 0 Å². The number of hydrogen-bond acceptors (Lipinski definition) is 4. The molecule has 0 spiro atoms. The van der Waals surface area contributed by atoms with Crippen LogP contribution in [0.25, 0.3) is 39.0 Å². The summed E-state index contributed by atoms with van der Waals surface area (Å²) in [7, 11) is 0. The first-order chi connectivity index (χ1) is 9.70. The van der Waals surface area contributed by atoms with E-state index in [0.29, 0.717) is 0 Å². The van der Waals surface area contributed by atoms with E-state index in [4.69, 9.17) is 0 Å². The maximum absolute atomic E-state index is 3.59.